The number of nitrogens with zero attached hydrogens (tertiary/aromatic N) is 4. The highest BCUT2D eigenvalue weighted by molar-refractivity contribution is 6.30. The smallest absolute Gasteiger partial charge is 0.433 e. The van der Waals surface area contributed by atoms with Crippen LogP contribution in [0, 0.1) is 0 Å². The van der Waals surface area contributed by atoms with Gasteiger partial charge in [-0.3, -0.25) is 4.90 Å². The van der Waals surface area contributed by atoms with Gasteiger partial charge in [0.2, 0.25) is 5.88 Å². The third kappa shape index (κ3) is 4.11. The Bertz CT molecular complexity index is 802. The summed E-state index contributed by atoms with van der Waals surface area (Å²) in [7, 11) is 0. The third-order valence-electron chi connectivity index (χ3n) is 4.91. The van der Waals surface area contributed by atoms with Crippen LogP contribution in [0.2, 0.25) is 5.02 Å². The van der Waals surface area contributed by atoms with E-state index >= 15 is 0 Å². The van der Waals surface area contributed by atoms with Gasteiger partial charge in [-0.1, -0.05) is 17.7 Å². The molecule has 0 N–H and O–H groups in total. The van der Waals surface area contributed by atoms with E-state index < -0.39 is 11.9 Å². The Hall–Kier alpha value is -2.06. The minimum atomic E-state index is -4.47. The first-order chi connectivity index (χ1) is 12.9. The van der Waals surface area contributed by atoms with Crippen molar-refractivity contribution < 1.29 is 17.9 Å². The predicted molar refractivity (Wildman–Crippen MR) is 95.1 cm³/mol. The summed E-state index contributed by atoms with van der Waals surface area (Å²) in [4.78, 5) is 12.5. The summed E-state index contributed by atoms with van der Waals surface area (Å²) in [5.74, 6) is 0.897. The third-order valence-corrected chi connectivity index (χ3v) is 5.14. The van der Waals surface area contributed by atoms with Gasteiger partial charge in [0.1, 0.15) is 17.6 Å². The van der Waals surface area contributed by atoms with Gasteiger partial charge in [0.15, 0.2) is 0 Å². The summed E-state index contributed by atoms with van der Waals surface area (Å²) in [6, 6.07) is 7.72. The average molecular weight is 399 g/mol. The van der Waals surface area contributed by atoms with Crippen molar-refractivity contribution in [3.05, 3.63) is 47.2 Å². The molecule has 0 saturated carbocycles. The summed E-state index contributed by atoms with van der Waals surface area (Å²) in [5.41, 5.74) is -0.935. The lowest BCUT2D eigenvalue weighted by Gasteiger charge is -2.37. The molecule has 2 aliphatic rings. The minimum Gasteiger partial charge on any atom is -0.473 e. The van der Waals surface area contributed by atoms with Gasteiger partial charge < -0.3 is 9.64 Å². The lowest BCUT2D eigenvalue weighted by Crippen LogP contribution is -2.50. The maximum absolute atomic E-state index is 12.8. The highest BCUT2D eigenvalue weighted by atomic mass is 35.5. The summed E-state index contributed by atoms with van der Waals surface area (Å²) in [5, 5.41) is 0.598. The molecule has 2 aromatic heterocycles. The van der Waals surface area contributed by atoms with Crippen LogP contribution >= 0.6 is 11.6 Å². The molecule has 2 fully saturated rings. The lowest BCUT2D eigenvalue weighted by atomic mass is 10.1. The number of hydrogen-bond acceptors (Lipinski definition) is 5. The number of aromatic nitrogens is 2. The number of rotatable bonds is 3. The fraction of sp³-hybridized carbons (Fsp3) is 0.444. The van der Waals surface area contributed by atoms with Gasteiger partial charge >= 0.3 is 6.18 Å². The minimum absolute atomic E-state index is 0.0193. The molecule has 0 unspecified atom stereocenters. The highest BCUT2D eigenvalue weighted by Gasteiger charge is 2.38. The molecule has 9 heteroatoms. The summed E-state index contributed by atoms with van der Waals surface area (Å²) in [6.45, 7) is 3.17. The maximum atomic E-state index is 12.8. The van der Waals surface area contributed by atoms with Crippen molar-refractivity contribution in [1.82, 2.24) is 14.9 Å². The number of alkyl halides is 3. The largest absolute Gasteiger partial charge is 0.473 e. The van der Waals surface area contributed by atoms with Crippen molar-refractivity contribution in [3.8, 4) is 5.88 Å². The van der Waals surface area contributed by atoms with Gasteiger partial charge in [0.05, 0.1) is 5.02 Å². The summed E-state index contributed by atoms with van der Waals surface area (Å²) < 4.78 is 44.2. The van der Waals surface area contributed by atoms with E-state index in [1.807, 2.05) is 12.1 Å². The molecule has 0 bridgehead atoms. The van der Waals surface area contributed by atoms with Crippen LogP contribution in [0.15, 0.2) is 36.5 Å². The zero-order chi connectivity index (χ0) is 19.0. The molecule has 4 heterocycles. The molecule has 2 aliphatic heterocycles. The number of anilines is 1. The van der Waals surface area contributed by atoms with Gasteiger partial charge in [-0.15, -0.1) is 0 Å². The van der Waals surface area contributed by atoms with E-state index in [0.29, 0.717) is 11.6 Å². The fourth-order valence-corrected chi connectivity index (χ4v) is 3.77. The van der Waals surface area contributed by atoms with E-state index in [1.165, 1.54) is 12.1 Å². The van der Waals surface area contributed by atoms with Crippen molar-refractivity contribution in [2.24, 2.45) is 0 Å². The van der Waals surface area contributed by atoms with E-state index in [2.05, 4.69) is 19.8 Å². The average Bonchev–Trinajstić information content (AvgIpc) is 3.03. The number of ether oxygens (including phenoxy) is 1. The Morgan fingerprint density at radius 1 is 1.11 bits per heavy atom. The monoisotopic (exact) mass is 398 g/mol. The first-order valence-corrected chi connectivity index (χ1v) is 9.08. The van der Waals surface area contributed by atoms with Crippen LogP contribution in [0.1, 0.15) is 12.1 Å². The van der Waals surface area contributed by atoms with Crippen molar-refractivity contribution in [2.45, 2.75) is 24.7 Å². The van der Waals surface area contributed by atoms with Crippen LogP contribution in [0.25, 0.3) is 0 Å². The summed E-state index contributed by atoms with van der Waals surface area (Å²) >= 11 is 5.89. The molecule has 2 atom stereocenters. The van der Waals surface area contributed by atoms with E-state index in [9.17, 15) is 13.2 Å². The fourth-order valence-electron chi connectivity index (χ4n) is 3.65. The molecule has 0 radical (unpaired) electrons. The van der Waals surface area contributed by atoms with Crippen LogP contribution in [0.4, 0.5) is 19.0 Å². The second-order valence-corrected chi connectivity index (χ2v) is 7.20. The highest BCUT2D eigenvalue weighted by Crippen LogP contribution is 2.30. The van der Waals surface area contributed by atoms with Gasteiger partial charge in [0, 0.05) is 50.9 Å². The molecule has 0 spiro atoms. The Kier molecular flexibility index (Phi) is 4.86. The molecule has 5 nitrogen and oxygen atoms in total. The summed E-state index contributed by atoms with van der Waals surface area (Å²) in [6.07, 6.45) is -2.28. The second kappa shape index (κ2) is 7.16. The molecular formula is C18H18ClF3N4O. The Balaban J connectivity index is 1.39. The van der Waals surface area contributed by atoms with Crippen molar-refractivity contribution in [1.29, 1.82) is 0 Å². The van der Waals surface area contributed by atoms with Crippen LogP contribution in [0.3, 0.4) is 0 Å². The molecule has 2 aromatic rings. The molecule has 27 heavy (non-hydrogen) atoms. The van der Waals surface area contributed by atoms with E-state index in [4.69, 9.17) is 16.3 Å². The molecule has 0 amide bonds. The van der Waals surface area contributed by atoms with Crippen LogP contribution in [-0.4, -0.2) is 53.2 Å². The zero-order valence-corrected chi connectivity index (χ0v) is 15.1. The number of pyridine rings is 2. The van der Waals surface area contributed by atoms with Gasteiger partial charge in [-0.25, -0.2) is 9.97 Å². The Morgan fingerprint density at radius 3 is 2.70 bits per heavy atom. The number of fused-ring (bicyclic) bond motifs is 1. The number of halogens is 4. The zero-order valence-electron chi connectivity index (χ0n) is 14.4. The number of piperazine rings is 1. The molecule has 144 valence electrons. The van der Waals surface area contributed by atoms with Crippen molar-refractivity contribution >= 4 is 17.4 Å². The van der Waals surface area contributed by atoms with Gasteiger partial charge in [0.25, 0.3) is 0 Å². The standard InChI is InChI=1S/C18H18ClF3N4O/c19-12-4-5-16(23-9-12)26-7-6-25-11-14(8-13(25)10-26)27-17-3-1-2-15(24-17)18(20,21)22/h1-5,9,13-14H,6-8,10-11H2/t13-,14+/m0/s1. The molecule has 0 aromatic carbocycles. The Labute approximate surface area is 159 Å². The van der Waals surface area contributed by atoms with Crippen LogP contribution in [0.5, 0.6) is 5.88 Å². The van der Waals surface area contributed by atoms with E-state index in [1.54, 1.807) is 6.20 Å². The van der Waals surface area contributed by atoms with Crippen LogP contribution < -0.4 is 9.64 Å². The van der Waals surface area contributed by atoms with Gasteiger partial charge in [-0.2, -0.15) is 13.2 Å². The lowest BCUT2D eigenvalue weighted by molar-refractivity contribution is -0.141. The first kappa shape index (κ1) is 18.3. The Morgan fingerprint density at radius 2 is 1.96 bits per heavy atom. The van der Waals surface area contributed by atoms with Gasteiger partial charge in [-0.05, 0) is 18.2 Å². The normalized spacial score (nSPS) is 23.3. The molecule has 0 aliphatic carbocycles. The quantitative estimate of drug-likeness (QED) is 0.791. The number of hydrogen-bond donors (Lipinski definition) is 0. The van der Waals surface area contributed by atoms with Crippen LogP contribution in [-0.2, 0) is 6.18 Å². The van der Waals surface area contributed by atoms with E-state index in [0.717, 1.165) is 37.9 Å². The first-order valence-electron chi connectivity index (χ1n) is 8.70. The van der Waals surface area contributed by atoms with Crippen molar-refractivity contribution in [3.63, 3.8) is 0 Å². The predicted octanol–water partition coefficient (Wildman–Crippen LogP) is 3.49. The SMILES string of the molecule is FC(F)(F)c1cccc(O[C@@H]2C[C@H]3CN(c4ccc(Cl)cn4)CCN3C2)n1. The van der Waals surface area contributed by atoms with E-state index in [-0.39, 0.29) is 18.0 Å². The van der Waals surface area contributed by atoms with Crippen molar-refractivity contribution in [2.75, 3.05) is 31.1 Å². The maximum Gasteiger partial charge on any atom is 0.433 e. The topological polar surface area (TPSA) is 41.5 Å². The second-order valence-electron chi connectivity index (χ2n) is 6.76. The molecular weight excluding hydrogens is 381 g/mol. The molecule has 2 saturated heterocycles. The molecule has 4 rings (SSSR count).